The quantitative estimate of drug-likeness (QED) is 0.569. The maximum absolute atomic E-state index is 12.3. The van der Waals surface area contributed by atoms with Gasteiger partial charge < -0.3 is 14.3 Å². The van der Waals surface area contributed by atoms with Crippen molar-refractivity contribution >= 4 is 32.9 Å². The summed E-state index contributed by atoms with van der Waals surface area (Å²) < 4.78 is 12.4. The van der Waals surface area contributed by atoms with Gasteiger partial charge in [0.1, 0.15) is 17.9 Å². The van der Waals surface area contributed by atoms with Crippen molar-refractivity contribution in [3.05, 3.63) is 73.5 Å². The van der Waals surface area contributed by atoms with Crippen LogP contribution in [0.5, 0.6) is 5.75 Å². The molecule has 1 N–H and O–H groups in total. The summed E-state index contributed by atoms with van der Waals surface area (Å²) in [5.74, 6) is -0.298. The lowest BCUT2D eigenvalue weighted by Gasteiger charge is -2.13. The average Bonchev–Trinajstić information content (AvgIpc) is 2.63. The smallest absolute Gasteiger partial charge is 0.339 e. The highest BCUT2D eigenvalue weighted by Crippen LogP contribution is 2.30. The Bertz CT molecular complexity index is 1050. The molecule has 0 aliphatic rings. The number of ether oxygens (including phenoxy) is 1. The Balaban J connectivity index is 1.92. The first kappa shape index (κ1) is 19.2. The number of carboxylic acid groups (broad SMARTS) is 1. The lowest BCUT2D eigenvalue weighted by atomic mass is 10.0. The molecule has 27 heavy (non-hydrogen) atoms. The van der Waals surface area contributed by atoms with Crippen LogP contribution in [0.2, 0.25) is 0 Å². The Morgan fingerprint density at radius 1 is 1.11 bits per heavy atom. The fraction of sp³-hybridized carbons (Fsp3) is 0.238. The Morgan fingerprint density at radius 2 is 1.81 bits per heavy atom. The molecule has 1 aromatic heterocycles. The number of aliphatic carboxylic acids is 1. The van der Waals surface area contributed by atoms with Crippen LogP contribution in [0.3, 0.4) is 0 Å². The Hall–Kier alpha value is -2.60. The van der Waals surface area contributed by atoms with E-state index in [2.05, 4.69) is 15.9 Å². The molecule has 0 bridgehead atoms. The van der Waals surface area contributed by atoms with Crippen LogP contribution in [0, 0.1) is 13.8 Å². The summed E-state index contributed by atoms with van der Waals surface area (Å²) in [5, 5.41) is 9.66. The molecule has 0 aliphatic carbocycles. The Labute approximate surface area is 164 Å². The summed E-state index contributed by atoms with van der Waals surface area (Å²) in [5.41, 5.74) is 2.92. The van der Waals surface area contributed by atoms with Crippen LogP contribution in [0.25, 0.3) is 11.0 Å². The monoisotopic (exact) mass is 430 g/mol. The lowest BCUT2D eigenvalue weighted by molar-refractivity contribution is -0.136. The number of benzene rings is 2. The minimum Gasteiger partial charge on any atom is -0.488 e. The molecule has 0 fully saturated rings. The molecule has 2 aromatic carbocycles. The van der Waals surface area contributed by atoms with E-state index in [4.69, 9.17) is 14.3 Å². The number of halogens is 1. The summed E-state index contributed by atoms with van der Waals surface area (Å²) in [6, 6.07) is 11.5. The third kappa shape index (κ3) is 4.22. The number of carboxylic acids is 1. The fourth-order valence-electron chi connectivity index (χ4n) is 2.99. The number of hydrogen-bond donors (Lipinski definition) is 1. The predicted molar refractivity (Wildman–Crippen MR) is 106 cm³/mol. The molecule has 0 atom stereocenters. The second kappa shape index (κ2) is 7.96. The van der Waals surface area contributed by atoms with Crippen molar-refractivity contribution in [1.82, 2.24) is 0 Å². The normalized spacial score (nSPS) is 10.9. The molecule has 0 unspecified atom stereocenters. The van der Waals surface area contributed by atoms with E-state index in [1.807, 2.05) is 50.2 Å². The van der Waals surface area contributed by atoms with Gasteiger partial charge >= 0.3 is 11.6 Å². The molecule has 0 amide bonds. The molecule has 1 heterocycles. The van der Waals surface area contributed by atoms with E-state index in [-0.39, 0.29) is 12.8 Å². The topological polar surface area (TPSA) is 76.7 Å². The van der Waals surface area contributed by atoms with Crippen molar-refractivity contribution in [3.63, 3.8) is 0 Å². The minimum absolute atomic E-state index is 0.107. The molecule has 3 aromatic rings. The van der Waals surface area contributed by atoms with Crippen molar-refractivity contribution in [2.24, 2.45) is 0 Å². The molecule has 0 aliphatic heterocycles. The summed E-state index contributed by atoms with van der Waals surface area (Å²) >= 11 is 3.40. The van der Waals surface area contributed by atoms with Crippen LogP contribution in [-0.4, -0.2) is 11.1 Å². The van der Waals surface area contributed by atoms with Crippen LogP contribution in [0.1, 0.15) is 28.7 Å². The summed E-state index contributed by atoms with van der Waals surface area (Å²) in [6.45, 7) is 4.07. The summed E-state index contributed by atoms with van der Waals surface area (Å²) in [4.78, 5) is 23.1. The molecule has 0 saturated carbocycles. The number of aryl methyl sites for hydroxylation is 2. The van der Waals surface area contributed by atoms with E-state index >= 15 is 0 Å². The van der Waals surface area contributed by atoms with E-state index in [1.165, 1.54) is 0 Å². The highest BCUT2D eigenvalue weighted by molar-refractivity contribution is 9.10. The van der Waals surface area contributed by atoms with Crippen molar-refractivity contribution in [1.29, 1.82) is 0 Å². The van der Waals surface area contributed by atoms with Gasteiger partial charge in [0.15, 0.2) is 0 Å². The minimum atomic E-state index is -0.943. The van der Waals surface area contributed by atoms with Crippen LogP contribution in [0.4, 0.5) is 0 Å². The zero-order valence-electron chi connectivity index (χ0n) is 15.0. The van der Waals surface area contributed by atoms with Gasteiger partial charge in [-0.3, -0.25) is 4.79 Å². The summed E-state index contributed by atoms with van der Waals surface area (Å²) in [6.07, 6.45) is 0.0464. The number of hydrogen-bond acceptors (Lipinski definition) is 4. The second-order valence-corrected chi connectivity index (χ2v) is 7.28. The number of fused-ring (bicyclic) bond motifs is 1. The van der Waals surface area contributed by atoms with Crippen LogP contribution < -0.4 is 10.4 Å². The van der Waals surface area contributed by atoms with Crippen LogP contribution in [0.15, 0.2) is 50.1 Å². The van der Waals surface area contributed by atoms with Gasteiger partial charge in [-0.05, 0) is 55.7 Å². The summed E-state index contributed by atoms with van der Waals surface area (Å²) in [7, 11) is 0. The van der Waals surface area contributed by atoms with E-state index in [1.54, 1.807) is 0 Å². The highest BCUT2D eigenvalue weighted by atomic mass is 79.9. The maximum Gasteiger partial charge on any atom is 0.339 e. The van der Waals surface area contributed by atoms with E-state index in [0.29, 0.717) is 23.5 Å². The molecule has 3 rings (SSSR count). The van der Waals surface area contributed by atoms with Gasteiger partial charge in [0.05, 0.1) is 0 Å². The van der Waals surface area contributed by atoms with Gasteiger partial charge in [-0.1, -0.05) is 28.1 Å². The Kier molecular flexibility index (Phi) is 5.65. The predicted octanol–water partition coefficient (Wildman–Crippen LogP) is 4.77. The van der Waals surface area contributed by atoms with Crippen molar-refractivity contribution in [2.45, 2.75) is 33.3 Å². The number of carbonyl (C=O) groups is 1. The zero-order chi connectivity index (χ0) is 19.6. The van der Waals surface area contributed by atoms with Crippen molar-refractivity contribution < 1.29 is 19.1 Å². The molecular formula is C21H19BrO5. The molecule has 0 radical (unpaired) electrons. The highest BCUT2D eigenvalue weighted by Gasteiger charge is 2.16. The van der Waals surface area contributed by atoms with Crippen molar-refractivity contribution in [2.75, 3.05) is 0 Å². The first-order valence-electron chi connectivity index (χ1n) is 8.51. The van der Waals surface area contributed by atoms with Crippen molar-refractivity contribution in [3.8, 4) is 5.75 Å². The largest absolute Gasteiger partial charge is 0.488 e. The third-order valence-electron chi connectivity index (χ3n) is 4.55. The van der Waals surface area contributed by atoms with Crippen LogP contribution in [-0.2, 0) is 17.8 Å². The third-order valence-corrected chi connectivity index (χ3v) is 5.08. The average molecular weight is 431 g/mol. The van der Waals surface area contributed by atoms with E-state index < -0.39 is 11.6 Å². The first-order valence-corrected chi connectivity index (χ1v) is 9.31. The van der Waals surface area contributed by atoms with E-state index in [0.717, 1.165) is 26.5 Å². The first-order chi connectivity index (χ1) is 12.9. The van der Waals surface area contributed by atoms with Crippen LogP contribution >= 0.6 is 15.9 Å². The molecule has 5 nitrogen and oxygen atoms in total. The lowest BCUT2D eigenvalue weighted by Crippen LogP contribution is -2.12. The molecule has 0 spiro atoms. The zero-order valence-corrected chi connectivity index (χ0v) is 16.6. The van der Waals surface area contributed by atoms with Gasteiger partial charge in [-0.2, -0.15) is 0 Å². The van der Waals surface area contributed by atoms with Gasteiger partial charge in [0, 0.05) is 27.4 Å². The fourth-order valence-corrected chi connectivity index (χ4v) is 3.25. The molecule has 0 saturated heterocycles. The molecular weight excluding hydrogens is 412 g/mol. The molecule has 6 heteroatoms. The maximum atomic E-state index is 12.3. The van der Waals surface area contributed by atoms with Gasteiger partial charge in [-0.15, -0.1) is 0 Å². The SMILES string of the molecule is Cc1c(CCC(=O)O)c(=O)oc2c(C)c(OCc3ccc(Br)cc3)ccc12. The van der Waals surface area contributed by atoms with Gasteiger partial charge in [0.2, 0.25) is 0 Å². The van der Waals surface area contributed by atoms with Gasteiger partial charge in [-0.25, -0.2) is 4.79 Å². The Morgan fingerprint density at radius 3 is 2.48 bits per heavy atom. The van der Waals surface area contributed by atoms with E-state index in [9.17, 15) is 9.59 Å². The standard InChI is InChI=1S/C21H19BrO5/c1-12-16-7-9-18(26-11-14-3-5-15(22)6-4-14)13(2)20(16)27-21(25)17(12)8-10-19(23)24/h3-7,9H,8,10-11H2,1-2H3,(H,23,24). The second-order valence-electron chi connectivity index (χ2n) is 6.37. The number of rotatable bonds is 6. The van der Waals surface area contributed by atoms with Gasteiger partial charge in [0.25, 0.3) is 0 Å². The molecule has 140 valence electrons.